The lowest BCUT2D eigenvalue weighted by Gasteiger charge is -2.18. The van der Waals surface area contributed by atoms with Crippen LogP contribution in [0.1, 0.15) is 42.3 Å². The van der Waals surface area contributed by atoms with Crippen molar-refractivity contribution >= 4 is 0 Å². The molecule has 0 radical (unpaired) electrons. The molecule has 1 unspecified atom stereocenters. The highest BCUT2D eigenvalue weighted by Gasteiger charge is 2.16. The van der Waals surface area contributed by atoms with Crippen molar-refractivity contribution in [3.63, 3.8) is 0 Å². The Bertz CT molecular complexity index is 484. The summed E-state index contributed by atoms with van der Waals surface area (Å²) >= 11 is 0. The van der Waals surface area contributed by atoms with Crippen LogP contribution in [0.15, 0.2) is 41.0 Å². The zero-order chi connectivity index (χ0) is 13.0. The molecule has 0 aliphatic carbocycles. The van der Waals surface area contributed by atoms with E-state index >= 15 is 0 Å². The molecule has 0 spiro atoms. The molecule has 1 aromatic carbocycles. The molecule has 0 aliphatic rings. The summed E-state index contributed by atoms with van der Waals surface area (Å²) in [4.78, 5) is 0. The molecular weight excluding hydrogens is 222 g/mol. The molecular formula is C16H21NO. The number of rotatable bonds is 5. The number of hydrogen-bond donors (Lipinski definition) is 1. The Morgan fingerprint density at radius 2 is 1.83 bits per heavy atom. The number of aryl methyl sites for hydroxylation is 2. The summed E-state index contributed by atoms with van der Waals surface area (Å²) in [6.45, 7) is 7.25. The van der Waals surface area contributed by atoms with E-state index in [9.17, 15) is 0 Å². The fraction of sp³-hybridized carbons (Fsp3) is 0.375. The summed E-state index contributed by atoms with van der Waals surface area (Å²) in [5, 5.41) is 3.52. The Kier molecular flexibility index (Phi) is 4.21. The smallest absolute Gasteiger partial charge is 0.105 e. The van der Waals surface area contributed by atoms with Crippen molar-refractivity contribution < 1.29 is 4.42 Å². The van der Waals surface area contributed by atoms with E-state index in [1.54, 1.807) is 6.26 Å². The topological polar surface area (TPSA) is 25.2 Å². The first kappa shape index (κ1) is 12.9. The maximum Gasteiger partial charge on any atom is 0.105 e. The van der Waals surface area contributed by atoms with Crippen molar-refractivity contribution in [1.29, 1.82) is 0 Å². The third-order valence-electron chi connectivity index (χ3n) is 3.34. The predicted molar refractivity (Wildman–Crippen MR) is 74.8 cm³/mol. The summed E-state index contributed by atoms with van der Waals surface area (Å²) in [6.07, 6.45) is 2.84. The van der Waals surface area contributed by atoms with Gasteiger partial charge in [0.15, 0.2) is 0 Å². The van der Waals surface area contributed by atoms with Crippen molar-refractivity contribution in [2.75, 3.05) is 6.54 Å². The van der Waals surface area contributed by atoms with E-state index in [4.69, 9.17) is 4.42 Å². The van der Waals surface area contributed by atoms with Gasteiger partial charge in [-0.05, 0) is 37.1 Å². The summed E-state index contributed by atoms with van der Waals surface area (Å²) in [5.74, 6) is 0.987. The molecule has 2 heteroatoms. The molecule has 2 aromatic rings. The van der Waals surface area contributed by atoms with E-state index in [1.165, 1.54) is 16.7 Å². The van der Waals surface area contributed by atoms with Crippen LogP contribution < -0.4 is 5.32 Å². The fourth-order valence-corrected chi connectivity index (χ4v) is 2.25. The fourth-order valence-electron chi connectivity index (χ4n) is 2.25. The first-order valence-electron chi connectivity index (χ1n) is 6.62. The zero-order valence-electron chi connectivity index (χ0n) is 11.4. The third-order valence-corrected chi connectivity index (χ3v) is 3.34. The third kappa shape index (κ3) is 2.65. The minimum absolute atomic E-state index is 0.222. The van der Waals surface area contributed by atoms with E-state index in [1.807, 2.05) is 6.92 Å². The molecule has 1 N–H and O–H groups in total. The second-order valence-electron chi connectivity index (χ2n) is 4.52. The van der Waals surface area contributed by atoms with Gasteiger partial charge in [-0.2, -0.15) is 0 Å². The summed E-state index contributed by atoms with van der Waals surface area (Å²) in [5.41, 5.74) is 3.89. The van der Waals surface area contributed by atoms with Crippen molar-refractivity contribution in [2.24, 2.45) is 0 Å². The minimum atomic E-state index is 0.222. The SMILES string of the molecule is CCNC(c1ccc(CC)cc1)c1ccoc1C. The maximum absolute atomic E-state index is 5.42. The molecule has 2 rings (SSSR count). The monoisotopic (exact) mass is 243 g/mol. The van der Waals surface area contributed by atoms with Gasteiger partial charge in [0.2, 0.25) is 0 Å². The van der Waals surface area contributed by atoms with Crippen LogP contribution in [0.2, 0.25) is 0 Å². The quantitative estimate of drug-likeness (QED) is 0.863. The lowest BCUT2D eigenvalue weighted by Crippen LogP contribution is -2.22. The van der Waals surface area contributed by atoms with Crippen molar-refractivity contribution in [3.8, 4) is 0 Å². The maximum atomic E-state index is 5.42. The molecule has 1 atom stereocenters. The van der Waals surface area contributed by atoms with Gasteiger partial charge in [-0.25, -0.2) is 0 Å². The molecule has 0 aliphatic heterocycles. The van der Waals surface area contributed by atoms with E-state index in [-0.39, 0.29) is 6.04 Å². The number of hydrogen-bond acceptors (Lipinski definition) is 2. The molecule has 96 valence electrons. The van der Waals surface area contributed by atoms with E-state index in [0.29, 0.717) is 0 Å². The Balaban J connectivity index is 2.32. The molecule has 0 amide bonds. The highest BCUT2D eigenvalue weighted by Crippen LogP contribution is 2.25. The second kappa shape index (κ2) is 5.87. The van der Waals surface area contributed by atoms with Gasteiger partial charge >= 0.3 is 0 Å². The lowest BCUT2D eigenvalue weighted by atomic mass is 9.97. The van der Waals surface area contributed by atoms with Crippen LogP contribution in [0.4, 0.5) is 0 Å². The minimum Gasteiger partial charge on any atom is -0.469 e. The normalized spacial score (nSPS) is 12.6. The number of furan rings is 1. The van der Waals surface area contributed by atoms with Crippen LogP contribution in [0.5, 0.6) is 0 Å². The molecule has 0 bridgehead atoms. The van der Waals surface area contributed by atoms with Gasteiger partial charge in [-0.15, -0.1) is 0 Å². The molecule has 18 heavy (non-hydrogen) atoms. The summed E-state index contributed by atoms with van der Waals surface area (Å²) < 4.78 is 5.42. The van der Waals surface area contributed by atoms with Crippen LogP contribution >= 0.6 is 0 Å². The zero-order valence-corrected chi connectivity index (χ0v) is 11.4. The molecule has 2 nitrogen and oxygen atoms in total. The van der Waals surface area contributed by atoms with Crippen molar-refractivity contribution in [3.05, 3.63) is 59.0 Å². The first-order chi connectivity index (χ1) is 8.76. The van der Waals surface area contributed by atoms with Gasteiger partial charge in [-0.3, -0.25) is 0 Å². The molecule has 1 heterocycles. The molecule has 1 aromatic heterocycles. The van der Waals surface area contributed by atoms with E-state index in [0.717, 1.165) is 18.7 Å². The van der Waals surface area contributed by atoms with Gasteiger partial charge in [0.25, 0.3) is 0 Å². The van der Waals surface area contributed by atoms with Gasteiger partial charge in [0, 0.05) is 5.56 Å². The standard InChI is InChI=1S/C16H21NO/c1-4-13-6-8-14(9-7-13)16(17-5-2)15-10-11-18-12(15)3/h6-11,16-17H,4-5H2,1-3H3. The van der Waals surface area contributed by atoms with Gasteiger partial charge in [0.05, 0.1) is 12.3 Å². The molecule has 0 saturated carbocycles. The Morgan fingerprint density at radius 1 is 1.11 bits per heavy atom. The van der Waals surface area contributed by atoms with Crippen molar-refractivity contribution in [1.82, 2.24) is 5.32 Å². The summed E-state index contributed by atoms with van der Waals surface area (Å²) in [6, 6.07) is 11.1. The molecule has 0 fully saturated rings. The largest absolute Gasteiger partial charge is 0.469 e. The predicted octanol–water partition coefficient (Wildman–Crippen LogP) is 3.85. The average Bonchev–Trinajstić information content (AvgIpc) is 2.82. The van der Waals surface area contributed by atoms with Crippen LogP contribution in [0.3, 0.4) is 0 Å². The Hall–Kier alpha value is -1.54. The van der Waals surface area contributed by atoms with Crippen molar-refractivity contribution in [2.45, 2.75) is 33.2 Å². The van der Waals surface area contributed by atoms with E-state index in [2.05, 4.69) is 49.5 Å². The first-order valence-corrected chi connectivity index (χ1v) is 6.62. The highest BCUT2D eigenvalue weighted by molar-refractivity contribution is 5.34. The van der Waals surface area contributed by atoms with Crippen LogP contribution in [0.25, 0.3) is 0 Å². The average molecular weight is 243 g/mol. The van der Waals surface area contributed by atoms with Crippen LogP contribution in [-0.4, -0.2) is 6.54 Å². The summed E-state index contributed by atoms with van der Waals surface area (Å²) in [7, 11) is 0. The van der Waals surface area contributed by atoms with Crippen LogP contribution in [0, 0.1) is 6.92 Å². The van der Waals surface area contributed by atoms with Gasteiger partial charge < -0.3 is 9.73 Å². The van der Waals surface area contributed by atoms with E-state index < -0.39 is 0 Å². The second-order valence-corrected chi connectivity index (χ2v) is 4.52. The van der Waals surface area contributed by atoms with Gasteiger partial charge in [0.1, 0.15) is 5.76 Å². The Labute approximate surface area is 109 Å². The Morgan fingerprint density at radius 3 is 2.33 bits per heavy atom. The molecule has 0 saturated heterocycles. The highest BCUT2D eigenvalue weighted by atomic mass is 16.3. The lowest BCUT2D eigenvalue weighted by molar-refractivity contribution is 0.520. The number of nitrogens with one attached hydrogen (secondary N) is 1. The van der Waals surface area contributed by atoms with Gasteiger partial charge in [-0.1, -0.05) is 38.1 Å². The van der Waals surface area contributed by atoms with Crippen LogP contribution in [-0.2, 0) is 6.42 Å². The number of benzene rings is 1.